The molecule has 1 aliphatic carbocycles. The molecule has 1 aromatic carbocycles. The van der Waals surface area contributed by atoms with Crippen LogP contribution < -0.4 is 0 Å². The highest BCUT2D eigenvalue weighted by atomic mass is 35.5. The summed E-state index contributed by atoms with van der Waals surface area (Å²) in [6, 6.07) is 8.17. The van der Waals surface area contributed by atoms with E-state index >= 15 is 0 Å². The van der Waals surface area contributed by atoms with Crippen molar-refractivity contribution in [3.8, 4) is 0 Å². The largest absolute Gasteiger partial charge is 0.358 e. The van der Waals surface area contributed by atoms with Crippen LogP contribution in [0.15, 0.2) is 58.8 Å². The summed E-state index contributed by atoms with van der Waals surface area (Å²) in [6.07, 6.45) is 7.85. The van der Waals surface area contributed by atoms with Crippen molar-refractivity contribution in [2.75, 3.05) is 33.7 Å². The monoisotopic (exact) mass is 480 g/mol. The number of aromatic nitrogens is 3. The fourth-order valence-corrected chi connectivity index (χ4v) is 5.48. The highest BCUT2D eigenvalue weighted by Crippen LogP contribution is 2.45. The van der Waals surface area contributed by atoms with Gasteiger partial charge in [-0.15, -0.1) is 5.10 Å². The second kappa shape index (κ2) is 8.58. The number of carbonyl (C=O) groups excluding carboxylic acids is 2. The predicted octanol–water partition coefficient (Wildman–Crippen LogP) is 3.09. The van der Waals surface area contributed by atoms with Crippen molar-refractivity contribution in [2.24, 2.45) is 0 Å². The van der Waals surface area contributed by atoms with E-state index in [1.807, 2.05) is 57.1 Å². The lowest BCUT2D eigenvalue weighted by Gasteiger charge is -2.39. The van der Waals surface area contributed by atoms with Crippen molar-refractivity contribution in [3.05, 3.63) is 58.8 Å². The molecule has 1 fully saturated rings. The first kappa shape index (κ1) is 22.7. The van der Waals surface area contributed by atoms with Crippen molar-refractivity contribution in [3.63, 3.8) is 0 Å². The molecule has 1 unspecified atom stereocenters. The van der Waals surface area contributed by atoms with Crippen LogP contribution in [-0.4, -0.2) is 80.8 Å². The molecule has 8 nitrogen and oxygen atoms in total. The van der Waals surface area contributed by atoms with Crippen molar-refractivity contribution < 1.29 is 9.59 Å². The van der Waals surface area contributed by atoms with Gasteiger partial charge in [-0.3, -0.25) is 9.59 Å². The number of hydrogen-bond acceptors (Lipinski definition) is 5. The number of benzene rings is 1. The Labute approximate surface area is 204 Å². The molecule has 5 rings (SSSR count). The van der Waals surface area contributed by atoms with Gasteiger partial charge in [0.05, 0.1) is 29.2 Å². The molecule has 1 aromatic heterocycles. The topological polar surface area (TPSA) is 74.6 Å². The first-order valence-electron chi connectivity index (χ1n) is 11.6. The van der Waals surface area contributed by atoms with Crippen LogP contribution in [0.5, 0.6) is 0 Å². The minimum atomic E-state index is -0.513. The maximum absolute atomic E-state index is 13.7. The number of rotatable bonds is 4. The lowest BCUT2D eigenvalue weighted by atomic mass is 9.82. The van der Waals surface area contributed by atoms with Gasteiger partial charge in [-0.1, -0.05) is 35.0 Å². The zero-order valence-electron chi connectivity index (χ0n) is 19.7. The second-order valence-electron chi connectivity index (χ2n) is 9.65. The van der Waals surface area contributed by atoms with Gasteiger partial charge in [-0.25, -0.2) is 4.68 Å². The molecule has 0 radical (unpaired) electrons. The average Bonchev–Trinajstić information content (AvgIpc) is 3.37. The van der Waals surface area contributed by atoms with E-state index in [1.165, 1.54) is 0 Å². The van der Waals surface area contributed by atoms with Crippen LogP contribution in [0.2, 0.25) is 0 Å². The van der Waals surface area contributed by atoms with Crippen LogP contribution >= 0.6 is 11.6 Å². The molecule has 9 heteroatoms. The van der Waals surface area contributed by atoms with Gasteiger partial charge in [0.1, 0.15) is 5.52 Å². The van der Waals surface area contributed by atoms with Gasteiger partial charge in [0.25, 0.3) is 5.91 Å². The third kappa shape index (κ3) is 3.79. The van der Waals surface area contributed by atoms with Crippen molar-refractivity contribution in [1.29, 1.82) is 0 Å². The Morgan fingerprint density at radius 1 is 1.18 bits per heavy atom. The van der Waals surface area contributed by atoms with Crippen LogP contribution in [0.1, 0.15) is 32.2 Å². The summed E-state index contributed by atoms with van der Waals surface area (Å²) in [4.78, 5) is 31.6. The highest BCUT2D eigenvalue weighted by Gasteiger charge is 2.46. The molecule has 178 valence electrons. The molecule has 0 saturated carbocycles. The SMILES string of the molecule is CN(C)C(=O)CN1C=C(C(=O)N2CCC(n3nnc4ccccc43)CC2)C2=CC=C(Cl)CC21C. The van der Waals surface area contributed by atoms with Gasteiger partial charge in [0.2, 0.25) is 5.91 Å². The van der Waals surface area contributed by atoms with Gasteiger partial charge in [-0.05, 0) is 43.5 Å². The van der Waals surface area contributed by atoms with Crippen molar-refractivity contribution >= 4 is 34.4 Å². The fraction of sp³-hybridized carbons (Fsp3) is 0.440. The summed E-state index contributed by atoms with van der Waals surface area (Å²) in [5.74, 6) is -0.0114. The number of allylic oxidation sites excluding steroid dienone is 2. The van der Waals surface area contributed by atoms with E-state index in [0.717, 1.165) is 34.5 Å². The molecule has 34 heavy (non-hydrogen) atoms. The number of halogens is 1. The quantitative estimate of drug-likeness (QED) is 0.672. The molecule has 2 aromatic rings. The molecule has 3 aliphatic rings. The molecule has 2 aliphatic heterocycles. The lowest BCUT2D eigenvalue weighted by molar-refractivity contribution is -0.130. The smallest absolute Gasteiger partial charge is 0.255 e. The van der Waals surface area contributed by atoms with E-state index in [4.69, 9.17) is 11.6 Å². The molecule has 1 saturated heterocycles. The Bertz CT molecular complexity index is 1240. The van der Waals surface area contributed by atoms with Crippen molar-refractivity contribution in [1.82, 2.24) is 29.7 Å². The highest BCUT2D eigenvalue weighted by molar-refractivity contribution is 6.30. The summed E-state index contributed by atoms with van der Waals surface area (Å²) < 4.78 is 1.99. The number of hydrogen-bond donors (Lipinski definition) is 0. The van der Waals surface area contributed by atoms with E-state index in [2.05, 4.69) is 17.2 Å². The van der Waals surface area contributed by atoms with E-state index in [1.54, 1.807) is 19.0 Å². The van der Waals surface area contributed by atoms with Gasteiger partial charge in [0, 0.05) is 44.8 Å². The minimum absolute atomic E-state index is 0.00518. The normalized spacial score (nSPS) is 22.9. The summed E-state index contributed by atoms with van der Waals surface area (Å²) in [6.45, 7) is 3.54. The molecule has 0 spiro atoms. The Morgan fingerprint density at radius 3 is 2.65 bits per heavy atom. The first-order chi connectivity index (χ1) is 16.3. The number of amides is 2. The Morgan fingerprint density at radius 2 is 1.91 bits per heavy atom. The Kier molecular flexibility index (Phi) is 5.72. The van der Waals surface area contributed by atoms with Crippen molar-refractivity contribution in [2.45, 2.75) is 37.8 Å². The maximum atomic E-state index is 13.7. The number of nitrogens with zero attached hydrogens (tertiary/aromatic N) is 6. The van der Waals surface area contributed by atoms with Crippen LogP contribution in [-0.2, 0) is 9.59 Å². The number of para-hydroxylation sites is 1. The fourth-order valence-electron chi connectivity index (χ4n) is 5.16. The first-order valence-corrected chi connectivity index (χ1v) is 12.0. The number of likely N-dealkylation sites (tertiary alicyclic amines) is 1. The summed E-state index contributed by atoms with van der Waals surface area (Å²) >= 11 is 6.38. The van der Waals surface area contributed by atoms with Crippen LogP contribution in [0, 0.1) is 0 Å². The predicted molar refractivity (Wildman–Crippen MR) is 131 cm³/mol. The Hall–Kier alpha value is -3.13. The Balaban J connectivity index is 1.35. The number of likely N-dealkylation sites (N-methyl/N-ethyl adjacent to an activating group) is 1. The molecule has 0 N–H and O–H groups in total. The van der Waals surface area contributed by atoms with Gasteiger partial charge in [0.15, 0.2) is 0 Å². The van der Waals surface area contributed by atoms with E-state index in [-0.39, 0.29) is 24.4 Å². The molecule has 2 amide bonds. The van der Waals surface area contributed by atoms with E-state index in [0.29, 0.717) is 25.1 Å². The standard InChI is InChI=1S/C25H29ClN6O2/c1-25-14-17(26)8-9-20(25)19(15-31(25)16-23(33)29(2)3)24(34)30-12-10-18(11-13-30)32-22-7-5-4-6-21(22)27-28-32/h4-9,15,18H,10-14,16H2,1-3H3. The third-order valence-electron chi connectivity index (χ3n) is 7.24. The average molecular weight is 481 g/mol. The molecule has 1 atom stereocenters. The summed E-state index contributed by atoms with van der Waals surface area (Å²) in [7, 11) is 3.48. The van der Waals surface area contributed by atoms with Crippen LogP contribution in [0.25, 0.3) is 11.0 Å². The molecule has 0 bridgehead atoms. The number of piperidine rings is 1. The molecule has 3 heterocycles. The van der Waals surface area contributed by atoms with Gasteiger partial charge < -0.3 is 14.7 Å². The van der Waals surface area contributed by atoms with E-state index < -0.39 is 5.54 Å². The van der Waals surface area contributed by atoms with Crippen LogP contribution in [0.3, 0.4) is 0 Å². The number of carbonyl (C=O) groups is 2. The molecular weight excluding hydrogens is 452 g/mol. The number of fused-ring (bicyclic) bond motifs is 2. The molecular formula is C25H29ClN6O2. The third-order valence-corrected chi connectivity index (χ3v) is 7.50. The second-order valence-corrected chi connectivity index (χ2v) is 10.1. The summed E-state index contributed by atoms with van der Waals surface area (Å²) in [5.41, 5.74) is 2.98. The zero-order valence-corrected chi connectivity index (χ0v) is 20.5. The van der Waals surface area contributed by atoms with Gasteiger partial charge in [-0.2, -0.15) is 0 Å². The summed E-state index contributed by atoms with van der Waals surface area (Å²) in [5, 5.41) is 9.37. The van der Waals surface area contributed by atoms with E-state index in [9.17, 15) is 9.59 Å². The lowest BCUT2D eigenvalue weighted by Crippen LogP contribution is -2.47. The van der Waals surface area contributed by atoms with Gasteiger partial charge >= 0.3 is 0 Å². The zero-order chi connectivity index (χ0) is 24.0. The van der Waals surface area contributed by atoms with Crippen LogP contribution in [0.4, 0.5) is 0 Å². The minimum Gasteiger partial charge on any atom is -0.358 e. The maximum Gasteiger partial charge on any atom is 0.255 e.